The molecule has 0 N–H and O–H groups in total. The molecule has 5 heterocycles. The van der Waals surface area contributed by atoms with Gasteiger partial charge in [0.15, 0.2) is 11.6 Å². The molecule has 21 aromatic rings. The van der Waals surface area contributed by atoms with Crippen molar-refractivity contribution in [3.05, 3.63) is 388 Å². The molecule has 21 rings (SSSR count). The van der Waals surface area contributed by atoms with Crippen LogP contribution in [0.5, 0.6) is 0 Å². The third-order valence-corrected chi connectivity index (χ3v) is 23.1. The van der Waals surface area contributed by atoms with Crippen LogP contribution in [0.3, 0.4) is 0 Å². The van der Waals surface area contributed by atoms with Gasteiger partial charge in [0.1, 0.15) is 5.82 Å². The second-order valence-electron chi connectivity index (χ2n) is 27.5. The average molecular weight is 1430 g/mol. The van der Waals surface area contributed by atoms with Crippen LogP contribution >= 0.6 is 22.7 Å². The maximum atomic E-state index is 5.22. The molecule has 0 saturated heterocycles. The maximum absolute atomic E-state index is 5.22. The van der Waals surface area contributed by atoms with E-state index >= 15 is 0 Å². The van der Waals surface area contributed by atoms with E-state index in [1.807, 2.05) is 59.1 Å². The fraction of sp³-hybridized carbons (Fsp3) is 0. The van der Waals surface area contributed by atoms with E-state index in [4.69, 9.17) is 24.9 Å². The van der Waals surface area contributed by atoms with E-state index in [1.54, 1.807) is 0 Å². The summed E-state index contributed by atoms with van der Waals surface area (Å²) in [6.45, 7) is 0. The first kappa shape index (κ1) is 64.7. The lowest BCUT2D eigenvalue weighted by molar-refractivity contribution is 1.10. The summed E-state index contributed by atoms with van der Waals surface area (Å²) >= 11 is 3.70. The van der Waals surface area contributed by atoms with E-state index < -0.39 is 0 Å². The van der Waals surface area contributed by atoms with Gasteiger partial charge in [0.05, 0.1) is 33.8 Å². The third kappa shape index (κ3) is 12.5. The Labute approximate surface area is 638 Å². The summed E-state index contributed by atoms with van der Waals surface area (Å²) in [5.41, 5.74) is 23.3. The average Bonchev–Trinajstić information content (AvgIpc) is 1.36. The van der Waals surface area contributed by atoms with Gasteiger partial charge in [-0.15, -0.1) is 22.7 Å². The molecule has 0 spiro atoms. The highest BCUT2D eigenvalue weighted by molar-refractivity contribution is 7.26. The second-order valence-corrected chi connectivity index (χ2v) is 29.6. The normalized spacial score (nSPS) is 11.5. The lowest BCUT2D eigenvalue weighted by atomic mass is 9.92. The minimum Gasteiger partial charge on any atom is -0.292 e. The molecule has 5 aromatic heterocycles. The fourth-order valence-electron chi connectivity index (χ4n) is 15.2. The number of imidazole rings is 1. The van der Waals surface area contributed by atoms with Crippen molar-refractivity contribution in [2.45, 2.75) is 0 Å². The zero-order valence-corrected chi connectivity index (χ0v) is 60.6. The lowest BCUT2D eigenvalue weighted by Gasteiger charge is -2.13. The van der Waals surface area contributed by atoms with Crippen LogP contribution in [0.15, 0.2) is 388 Å². The number of rotatable bonds is 12. The molecule has 0 aliphatic carbocycles. The summed E-state index contributed by atoms with van der Waals surface area (Å²) in [6, 6.07) is 138. The van der Waals surface area contributed by atoms with Crippen LogP contribution in [0.2, 0.25) is 0 Å². The summed E-state index contributed by atoms with van der Waals surface area (Å²) in [4.78, 5) is 25.7. The van der Waals surface area contributed by atoms with Crippen molar-refractivity contribution in [1.29, 1.82) is 0 Å². The zero-order chi connectivity index (χ0) is 72.1. The molecule has 0 amide bonds. The summed E-state index contributed by atoms with van der Waals surface area (Å²) in [5.74, 6) is 2.27. The smallest absolute Gasteiger partial charge is 0.160 e. The molecule has 0 radical (unpaired) electrons. The molecular formula is C101H64N6S2. The zero-order valence-electron chi connectivity index (χ0n) is 59.0. The second kappa shape index (κ2) is 27.9. The van der Waals surface area contributed by atoms with Crippen molar-refractivity contribution in [2.75, 3.05) is 0 Å². The molecule has 510 valence electrons. The number of para-hydroxylation sites is 3. The van der Waals surface area contributed by atoms with Crippen LogP contribution in [-0.2, 0) is 0 Å². The predicted octanol–water partition coefficient (Wildman–Crippen LogP) is 27.7. The van der Waals surface area contributed by atoms with Gasteiger partial charge in [-0.25, -0.2) is 24.9 Å². The molecular weight excluding hydrogens is 1360 g/mol. The Hall–Kier alpha value is -13.9. The van der Waals surface area contributed by atoms with E-state index in [2.05, 4.69) is 356 Å². The third-order valence-electron chi connectivity index (χ3n) is 20.8. The Morgan fingerprint density at radius 1 is 0.202 bits per heavy atom. The van der Waals surface area contributed by atoms with Crippen molar-refractivity contribution in [2.24, 2.45) is 0 Å². The topological polar surface area (TPSA) is 69.4 Å². The van der Waals surface area contributed by atoms with Crippen molar-refractivity contribution < 1.29 is 0 Å². The van der Waals surface area contributed by atoms with E-state index in [9.17, 15) is 0 Å². The number of nitrogens with zero attached hydrogens (tertiary/aromatic N) is 6. The Balaban J connectivity index is 0.000000144. The maximum Gasteiger partial charge on any atom is 0.160 e. The highest BCUT2D eigenvalue weighted by Crippen LogP contribution is 2.42. The van der Waals surface area contributed by atoms with E-state index in [1.165, 1.54) is 95.3 Å². The van der Waals surface area contributed by atoms with E-state index in [0.717, 1.165) is 95.4 Å². The SMILES string of the molecule is c1ccc(-c2cc(-c3ccc(-c4ccc(-c5ccc6sc7ccccc7c6c5)cc4)cc3)nc(-c3cccc(-c4cc5ccccc5c5ccccc45)c3)n2)cc1.c1ccc(-c2cc(-c3ccc(-c4ccc5sc6ccccc6c5c4)cc3)nc(-c3ccc(-c4nc5ccccc5n4-c4ccccc4)cc3)n2)cc1. The van der Waals surface area contributed by atoms with E-state index in [-0.39, 0.29) is 0 Å². The Morgan fingerprint density at radius 3 is 1.13 bits per heavy atom. The molecule has 0 fully saturated rings. The number of hydrogen-bond donors (Lipinski definition) is 0. The quantitative estimate of drug-likeness (QED) is 0.114. The van der Waals surface area contributed by atoms with Crippen LogP contribution in [0.4, 0.5) is 0 Å². The Kier molecular flexibility index (Phi) is 16.5. The standard InChI is InChI=1S/C54H34N2S.C47H30N4S/c1-2-11-38(12-3-1)50-34-51(56-54(55-50)43-15-10-14-41(31-43)48-33-42-13-4-5-16-44(42)45-17-6-7-18-46(45)48)39-27-25-36(26-28-39)35-21-23-37(24-22-35)40-29-30-53-49(32-40)47-19-8-9-20-52(47)57-53;1-3-11-32(12-4-1)41-30-42(33-21-19-31(20-22-33)36-27-28-45-39(29-36)38-15-7-10-18-44(38)52-45)49-46(48-41)34-23-25-35(26-24-34)47-50-40-16-8-9-17-43(40)51(47)37-13-5-2-6-14-37/h1-34H;1-30H. The highest BCUT2D eigenvalue weighted by atomic mass is 32.1. The van der Waals surface area contributed by atoms with Crippen molar-refractivity contribution in [3.63, 3.8) is 0 Å². The van der Waals surface area contributed by atoms with Gasteiger partial charge in [0.2, 0.25) is 0 Å². The van der Waals surface area contributed by atoms with Crippen molar-refractivity contribution >= 4 is 95.6 Å². The number of aromatic nitrogens is 6. The molecule has 0 aliphatic rings. The lowest BCUT2D eigenvalue weighted by Crippen LogP contribution is -1.98. The number of thiophene rings is 2. The minimum atomic E-state index is 0.679. The number of benzene rings is 16. The summed E-state index contributed by atoms with van der Waals surface area (Å²) in [7, 11) is 0. The molecule has 0 unspecified atom stereocenters. The predicted molar refractivity (Wildman–Crippen MR) is 459 cm³/mol. The Bertz CT molecular complexity index is 6990. The van der Waals surface area contributed by atoms with Gasteiger partial charge in [-0.3, -0.25) is 4.57 Å². The van der Waals surface area contributed by atoms with Gasteiger partial charge >= 0.3 is 0 Å². The molecule has 8 heteroatoms. The molecule has 0 aliphatic heterocycles. The monoisotopic (exact) mass is 1420 g/mol. The van der Waals surface area contributed by atoms with Gasteiger partial charge in [-0.1, -0.05) is 303 Å². The largest absolute Gasteiger partial charge is 0.292 e. The van der Waals surface area contributed by atoms with Gasteiger partial charge in [-0.2, -0.15) is 0 Å². The fourth-order valence-corrected chi connectivity index (χ4v) is 17.4. The molecule has 6 nitrogen and oxygen atoms in total. The van der Waals surface area contributed by atoms with Crippen LogP contribution in [0.1, 0.15) is 0 Å². The first-order chi connectivity index (χ1) is 54.0. The van der Waals surface area contributed by atoms with Crippen LogP contribution in [-0.4, -0.2) is 29.5 Å². The number of hydrogen-bond acceptors (Lipinski definition) is 7. The molecule has 0 atom stereocenters. The van der Waals surface area contributed by atoms with Gasteiger partial charge in [-0.05, 0) is 151 Å². The first-order valence-electron chi connectivity index (χ1n) is 36.7. The van der Waals surface area contributed by atoms with Crippen LogP contribution in [0, 0.1) is 0 Å². The number of fused-ring (bicyclic) bond motifs is 10. The summed E-state index contributed by atoms with van der Waals surface area (Å²) < 4.78 is 7.51. The molecule has 0 bridgehead atoms. The highest BCUT2D eigenvalue weighted by Gasteiger charge is 2.19. The summed E-state index contributed by atoms with van der Waals surface area (Å²) in [5, 5.41) is 10.2. The first-order valence-corrected chi connectivity index (χ1v) is 38.3. The van der Waals surface area contributed by atoms with E-state index in [0.29, 0.717) is 11.6 Å². The summed E-state index contributed by atoms with van der Waals surface area (Å²) in [6.07, 6.45) is 0. The van der Waals surface area contributed by atoms with Crippen molar-refractivity contribution in [1.82, 2.24) is 29.5 Å². The van der Waals surface area contributed by atoms with Crippen molar-refractivity contribution in [3.8, 4) is 129 Å². The van der Waals surface area contributed by atoms with Gasteiger partial charge in [0.25, 0.3) is 0 Å². The minimum absolute atomic E-state index is 0.679. The van der Waals surface area contributed by atoms with Crippen LogP contribution in [0.25, 0.3) is 202 Å². The van der Waals surface area contributed by atoms with Gasteiger partial charge < -0.3 is 0 Å². The van der Waals surface area contributed by atoms with Gasteiger partial charge in [0, 0.05) is 85.0 Å². The Morgan fingerprint density at radius 2 is 0.578 bits per heavy atom. The molecule has 16 aromatic carbocycles. The van der Waals surface area contributed by atoms with Crippen LogP contribution < -0.4 is 0 Å². The molecule has 109 heavy (non-hydrogen) atoms. The molecule has 0 saturated carbocycles.